The Bertz CT molecular complexity index is 396. The Balaban J connectivity index is 3.03. The molecule has 0 radical (unpaired) electrons. The highest BCUT2D eigenvalue weighted by Crippen LogP contribution is 2.28. The Labute approximate surface area is 108 Å². The van der Waals surface area contributed by atoms with E-state index < -0.39 is 0 Å². The Morgan fingerprint density at radius 1 is 1.35 bits per heavy atom. The SMILES string of the molecule is CC(=O)c1sc(N(CC(C)C)C(C)C)nc1C. The third kappa shape index (κ3) is 3.53. The summed E-state index contributed by atoms with van der Waals surface area (Å²) in [6.07, 6.45) is 0. The minimum absolute atomic E-state index is 0.111. The first-order valence-electron chi connectivity index (χ1n) is 6.08. The molecule has 0 saturated heterocycles. The summed E-state index contributed by atoms with van der Waals surface area (Å²) in [4.78, 5) is 19.0. The number of rotatable bonds is 5. The second-order valence-corrected chi connectivity index (χ2v) is 6.08. The van der Waals surface area contributed by atoms with E-state index in [9.17, 15) is 4.79 Å². The molecule has 3 nitrogen and oxygen atoms in total. The smallest absolute Gasteiger partial charge is 0.186 e. The van der Waals surface area contributed by atoms with Crippen molar-refractivity contribution < 1.29 is 4.79 Å². The Morgan fingerprint density at radius 2 is 1.94 bits per heavy atom. The molecule has 0 aliphatic rings. The summed E-state index contributed by atoms with van der Waals surface area (Å²) in [5.41, 5.74) is 0.854. The van der Waals surface area contributed by atoms with Crippen molar-refractivity contribution in [1.82, 2.24) is 4.98 Å². The molecule has 0 N–H and O–H groups in total. The lowest BCUT2D eigenvalue weighted by Gasteiger charge is -2.27. The molecule has 0 unspecified atom stereocenters. The van der Waals surface area contributed by atoms with Crippen LogP contribution in [0.1, 0.15) is 50.0 Å². The predicted octanol–water partition coefficient (Wildman–Crippen LogP) is 3.52. The van der Waals surface area contributed by atoms with Crippen LogP contribution in [0.25, 0.3) is 0 Å². The van der Waals surface area contributed by atoms with E-state index in [0.29, 0.717) is 12.0 Å². The molecule has 0 atom stereocenters. The average molecular weight is 254 g/mol. The molecule has 0 aliphatic heterocycles. The highest BCUT2D eigenvalue weighted by atomic mass is 32.1. The zero-order valence-corrected chi connectivity index (χ0v) is 12.4. The molecule has 0 aliphatic carbocycles. The zero-order chi connectivity index (χ0) is 13.2. The molecule has 1 heterocycles. The van der Waals surface area contributed by atoms with Gasteiger partial charge in [0.05, 0.1) is 10.6 Å². The van der Waals surface area contributed by atoms with Crippen LogP contribution in [0.4, 0.5) is 5.13 Å². The van der Waals surface area contributed by atoms with Crippen LogP contribution >= 0.6 is 11.3 Å². The van der Waals surface area contributed by atoms with Crippen molar-refractivity contribution in [2.75, 3.05) is 11.4 Å². The topological polar surface area (TPSA) is 33.2 Å². The molecule has 1 aromatic rings. The quantitative estimate of drug-likeness (QED) is 0.754. The summed E-state index contributed by atoms with van der Waals surface area (Å²) in [5, 5.41) is 0.969. The van der Waals surface area contributed by atoms with Crippen LogP contribution in [-0.2, 0) is 0 Å². The summed E-state index contributed by atoms with van der Waals surface area (Å²) < 4.78 is 0. The van der Waals surface area contributed by atoms with Crippen LogP contribution in [-0.4, -0.2) is 23.4 Å². The molecular formula is C13H22N2OS. The second-order valence-electron chi connectivity index (χ2n) is 5.11. The zero-order valence-electron chi connectivity index (χ0n) is 11.6. The molecule has 1 rings (SSSR count). The first-order chi connectivity index (χ1) is 7.82. The van der Waals surface area contributed by atoms with Crippen LogP contribution in [0.3, 0.4) is 0 Å². The van der Waals surface area contributed by atoms with E-state index in [0.717, 1.165) is 22.2 Å². The maximum absolute atomic E-state index is 11.4. The van der Waals surface area contributed by atoms with Gasteiger partial charge >= 0.3 is 0 Å². The van der Waals surface area contributed by atoms with Crippen LogP contribution in [0.2, 0.25) is 0 Å². The molecule has 96 valence electrons. The Kier molecular flexibility index (Phi) is 4.69. The molecular weight excluding hydrogens is 232 g/mol. The summed E-state index contributed by atoms with van der Waals surface area (Å²) in [6, 6.07) is 0.405. The summed E-state index contributed by atoms with van der Waals surface area (Å²) in [7, 11) is 0. The lowest BCUT2D eigenvalue weighted by molar-refractivity contribution is 0.102. The molecule has 0 fully saturated rings. The van der Waals surface area contributed by atoms with E-state index in [4.69, 9.17) is 0 Å². The molecule has 0 spiro atoms. The van der Waals surface area contributed by atoms with Gasteiger partial charge < -0.3 is 4.90 Å². The van der Waals surface area contributed by atoms with Crippen molar-refractivity contribution in [2.24, 2.45) is 5.92 Å². The van der Waals surface area contributed by atoms with Crippen LogP contribution < -0.4 is 4.90 Å². The van der Waals surface area contributed by atoms with Crippen molar-refractivity contribution in [2.45, 2.75) is 47.6 Å². The molecule has 0 saturated carbocycles. The fraction of sp³-hybridized carbons (Fsp3) is 0.692. The maximum atomic E-state index is 11.4. The highest BCUT2D eigenvalue weighted by Gasteiger charge is 2.19. The van der Waals surface area contributed by atoms with Gasteiger partial charge in [-0.25, -0.2) is 4.98 Å². The van der Waals surface area contributed by atoms with E-state index in [-0.39, 0.29) is 5.78 Å². The summed E-state index contributed by atoms with van der Waals surface area (Å²) in [6.45, 7) is 13.2. The molecule has 0 bridgehead atoms. The van der Waals surface area contributed by atoms with Crippen molar-refractivity contribution in [3.8, 4) is 0 Å². The van der Waals surface area contributed by atoms with Crippen LogP contribution in [0.5, 0.6) is 0 Å². The van der Waals surface area contributed by atoms with Gasteiger partial charge in [-0.3, -0.25) is 4.79 Å². The fourth-order valence-electron chi connectivity index (χ4n) is 1.73. The van der Waals surface area contributed by atoms with Gasteiger partial charge in [0.1, 0.15) is 0 Å². The number of hydrogen-bond acceptors (Lipinski definition) is 4. The lowest BCUT2D eigenvalue weighted by atomic mass is 10.2. The lowest BCUT2D eigenvalue weighted by Crippen LogP contribution is -2.34. The molecule has 17 heavy (non-hydrogen) atoms. The van der Waals surface area contributed by atoms with E-state index in [2.05, 4.69) is 37.6 Å². The van der Waals surface area contributed by atoms with E-state index in [1.165, 1.54) is 11.3 Å². The normalized spacial score (nSPS) is 11.3. The van der Waals surface area contributed by atoms with Gasteiger partial charge in [0.2, 0.25) is 0 Å². The van der Waals surface area contributed by atoms with E-state index in [1.54, 1.807) is 6.92 Å². The number of nitrogens with zero attached hydrogens (tertiary/aromatic N) is 2. The number of aromatic nitrogens is 1. The number of anilines is 1. The van der Waals surface area contributed by atoms with Gasteiger partial charge in [-0.05, 0) is 26.7 Å². The van der Waals surface area contributed by atoms with E-state index in [1.807, 2.05) is 6.92 Å². The highest BCUT2D eigenvalue weighted by molar-refractivity contribution is 7.17. The number of carbonyl (C=O) groups is 1. The standard InChI is InChI=1S/C13H22N2OS/c1-8(2)7-15(9(3)4)13-14-10(5)12(17-13)11(6)16/h8-9H,7H2,1-6H3. The Morgan fingerprint density at radius 3 is 2.29 bits per heavy atom. The minimum atomic E-state index is 0.111. The molecule has 0 amide bonds. The second kappa shape index (κ2) is 5.63. The number of Topliss-reactive ketones (excluding diaryl/α,β-unsaturated/α-hetero) is 1. The van der Waals surface area contributed by atoms with Crippen LogP contribution in [0.15, 0.2) is 0 Å². The number of ketones is 1. The van der Waals surface area contributed by atoms with Crippen molar-refractivity contribution in [3.05, 3.63) is 10.6 Å². The summed E-state index contributed by atoms with van der Waals surface area (Å²) in [5.74, 6) is 0.696. The first-order valence-corrected chi connectivity index (χ1v) is 6.89. The van der Waals surface area contributed by atoms with Gasteiger partial charge in [0.25, 0.3) is 0 Å². The minimum Gasteiger partial charge on any atom is -0.345 e. The monoisotopic (exact) mass is 254 g/mol. The van der Waals surface area contributed by atoms with Crippen molar-refractivity contribution in [3.63, 3.8) is 0 Å². The third-order valence-electron chi connectivity index (χ3n) is 2.54. The van der Waals surface area contributed by atoms with E-state index >= 15 is 0 Å². The number of hydrogen-bond donors (Lipinski definition) is 0. The van der Waals surface area contributed by atoms with Gasteiger partial charge in [0.15, 0.2) is 10.9 Å². The largest absolute Gasteiger partial charge is 0.345 e. The van der Waals surface area contributed by atoms with Crippen molar-refractivity contribution in [1.29, 1.82) is 0 Å². The predicted molar refractivity (Wildman–Crippen MR) is 74.2 cm³/mol. The summed E-state index contributed by atoms with van der Waals surface area (Å²) >= 11 is 1.51. The fourth-order valence-corrected chi connectivity index (χ4v) is 2.84. The van der Waals surface area contributed by atoms with Gasteiger partial charge in [-0.2, -0.15) is 0 Å². The number of thiazole rings is 1. The van der Waals surface area contributed by atoms with Gasteiger partial charge in [-0.1, -0.05) is 25.2 Å². The molecule has 0 aromatic carbocycles. The Hall–Kier alpha value is -0.900. The maximum Gasteiger partial charge on any atom is 0.186 e. The first kappa shape index (κ1) is 14.2. The van der Waals surface area contributed by atoms with Gasteiger partial charge in [0, 0.05) is 19.5 Å². The average Bonchev–Trinajstić information content (AvgIpc) is 2.55. The van der Waals surface area contributed by atoms with Crippen molar-refractivity contribution >= 4 is 22.3 Å². The number of carbonyl (C=O) groups excluding carboxylic acids is 1. The molecule has 4 heteroatoms. The molecule has 1 aromatic heterocycles. The van der Waals surface area contributed by atoms with Gasteiger partial charge in [-0.15, -0.1) is 0 Å². The third-order valence-corrected chi connectivity index (χ3v) is 3.83. The van der Waals surface area contributed by atoms with Crippen LogP contribution in [0, 0.1) is 12.8 Å². The number of aryl methyl sites for hydroxylation is 1.